The summed E-state index contributed by atoms with van der Waals surface area (Å²) in [5.41, 5.74) is -0.127. The van der Waals surface area contributed by atoms with Crippen LogP contribution in [0.4, 0.5) is 0 Å². The summed E-state index contributed by atoms with van der Waals surface area (Å²) in [5.74, 6) is 0.749. The SMILES string of the molecule is COc1cc(C(=O)NC(C)(C)CN2CCCC(C)C2)nc(OC)n1. The van der Waals surface area contributed by atoms with Gasteiger partial charge < -0.3 is 19.7 Å². The van der Waals surface area contributed by atoms with Gasteiger partial charge in [-0.2, -0.15) is 9.97 Å². The fourth-order valence-corrected chi connectivity index (χ4v) is 3.12. The van der Waals surface area contributed by atoms with Gasteiger partial charge in [0, 0.05) is 24.7 Å². The summed E-state index contributed by atoms with van der Waals surface area (Å²) in [6, 6.07) is 1.62. The van der Waals surface area contributed by atoms with Gasteiger partial charge in [-0.05, 0) is 39.2 Å². The lowest BCUT2D eigenvalue weighted by atomic mass is 9.97. The molecule has 1 unspecified atom stereocenters. The third-order valence-corrected chi connectivity index (χ3v) is 4.12. The Labute approximate surface area is 143 Å². The normalized spacial score (nSPS) is 19.0. The van der Waals surface area contributed by atoms with Gasteiger partial charge in [-0.25, -0.2) is 0 Å². The van der Waals surface area contributed by atoms with E-state index in [-0.39, 0.29) is 23.2 Å². The van der Waals surface area contributed by atoms with E-state index in [0.717, 1.165) is 19.6 Å². The van der Waals surface area contributed by atoms with Crippen LogP contribution in [0.5, 0.6) is 11.9 Å². The average molecular weight is 336 g/mol. The average Bonchev–Trinajstić information content (AvgIpc) is 2.53. The zero-order valence-corrected chi connectivity index (χ0v) is 15.3. The number of rotatable bonds is 6. The van der Waals surface area contributed by atoms with Crippen LogP contribution in [0.25, 0.3) is 0 Å². The minimum Gasteiger partial charge on any atom is -0.481 e. The number of nitrogens with one attached hydrogen (secondary N) is 1. The molecule has 0 radical (unpaired) electrons. The molecule has 0 aromatic carbocycles. The number of hydrogen-bond donors (Lipinski definition) is 1. The lowest BCUT2D eigenvalue weighted by Gasteiger charge is -2.37. The van der Waals surface area contributed by atoms with Crippen molar-refractivity contribution in [2.75, 3.05) is 33.9 Å². The highest BCUT2D eigenvalue weighted by atomic mass is 16.5. The number of hydrogen-bond acceptors (Lipinski definition) is 6. The molecule has 1 aliphatic heterocycles. The first kappa shape index (κ1) is 18.4. The molecule has 0 bridgehead atoms. The van der Waals surface area contributed by atoms with E-state index in [2.05, 4.69) is 27.1 Å². The highest BCUT2D eigenvalue weighted by molar-refractivity contribution is 5.93. The van der Waals surface area contributed by atoms with Gasteiger partial charge in [-0.15, -0.1) is 0 Å². The van der Waals surface area contributed by atoms with Gasteiger partial charge in [0.05, 0.1) is 14.2 Å². The second kappa shape index (κ2) is 7.79. The van der Waals surface area contributed by atoms with Crippen LogP contribution >= 0.6 is 0 Å². The molecule has 1 N–H and O–H groups in total. The maximum Gasteiger partial charge on any atom is 0.320 e. The summed E-state index contributed by atoms with van der Waals surface area (Å²) in [6.07, 6.45) is 2.50. The molecule has 2 rings (SSSR count). The Bertz CT molecular complexity index is 555. The number of nitrogens with zero attached hydrogens (tertiary/aromatic N) is 3. The number of carbonyl (C=O) groups is 1. The molecule has 0 aliphatic carbocycles. The molecule has 0 saturated carbocycles. The zero-order chi connectivity index (χ0) is 17.7. The Kier molecular flexibility index (Phi) is 5.99. The molecular weight excluding hydrogens is 308 g/mol. The van der Waals surface area contributed by atoms with Gasteiger partial charge in [0.25, 0.3) is 5.91 Å². The van der Waals surface area contributed by atoms with Gasteiger partial charge in [0.2, 0.25) is 5.88 Å². The molecule has 0 spiro atoms. The molecule has 2 heterocycles. The van der Waals surface area contributed by atoms with Crippen LogP contribution < -0.4 is 14.8 Å². The first-order valence-corrected chi connectivity index (χ1v) is 8.35. The van der Waals surface area contributed by atoms with E-state index in [1.54, 1.807) is 0 Å². The first-order valence-electron chi connectivity index (χ1n) is 8.35. The van der Waals surface area contributed by atoms with Crippen LogP contribution in [0.3, 0.4) is 0 Å². The number of carbonyl (C=O) groups excluding carboxylic acids is 1. The van der Waals surface area contributed by atoms with Crippen molar-refractivity contribution >= 4 is 5.91 Å². The van der Waals surface area contributed by atoms with Crippen molar-refractivity contribution in [2.45, 2.75) is 39.2 Å². The van der Waals surface area contributed by atoms with Crippen molar-refractivity contribution in [3.8, 4) is 11.9 Å². The van der Waals surface area contributed by atoms with E-state index in [1.807, 2.05) is 13.8 Å². The minimum absolute atomic E-state index is 0.113. The Morgan fingerprint density at radius 2 is 2.12 bits per heavy atom. The number of likely N-dealkylation sites (tertiary alicyclic amines) is 1. The fourth-order valence-electron chi connectivity index (χ4n) is 3.12. The van der Waals surface area contributed by atoms with E-state index in [0.29, 0.717) is 11.8 Å². The number of methoxy groups -OCH3 is 2. The Morgan fingerprint density at radius 1 is 1.38 bits per heavy atom. The topological polar surface area (TPSA) is 76.6 Å². The van der Waals surface area contributed by atoms with E-state index >= 15 is 0 Å². The summed E-state index contributed by atoms with van der Waals surface area (Å²) in [5, 5.41) is 3.06. The highest BCUT2D eigenvalue weighted by Crippen LogP contribution is 2.19. The largest absolute Gasteiger partial charge is 0.481 e. The smallest absolute Gasteiger partial charge is 0.320 e. The van der Waals surface area contributed by atoms with E-state index in [1.165, 1.54) is 33.1 Å². The molecule has 1 atom stereocenters. The molecule has 7 heteroatoms. The molecular formula is C17H28N4O3. The predicted molar refractivity (Wildman–Crippen MR) is 91.5 cm³/mol. The summed E-state index contributed by atoms with van der Waals surface area (Å²) < 4.78 is 10.1. The van der Waals surface area contributed by atoms with Gasteiger partial charge in [0.15, 0.2) is 0 Å². The first-order chi connectivity index (χ1) is 11.3. The second-order valence-corrected chi connectivity index (χ2v) is 7.10. The predicted octanol–water partition coefficient (Wildman–Crippen LogP) is 1.73. The summed E-state index contributed by atoms with van der Waals surface area (Å²) >= 11 is 0. The fraction of sp³-hybridized carbons (Fsp3) is 0.706. The maximum absolute atomic E-state index is 12.6. The minimum atomic E-state index is -0.362. The van der Waals surface area contributed by atoms with Crippen LogP contribution in [-0.4, -0.2) is 60.2 Å². The van der Waals surface area contributed by atoms with Crippen LogP contribution in [-0.2, 0) is 0 Å². The summed E-state index contributed by atoms with van der Waals surface area (Å²) in [4.78, 5) is 23.1. The van der Waals surface area contributed by atoms with Crippen molar-refractivity contribution in [3.05, 3.63) is 11.8 Å². The number of amides is 1. The summed E-state index contributed by atoms with van der Waals surface area (Å²) in [7, 11) is 2.95. The third kappa shape index (κ3) is 5.06. The lowest BCUT2D eigenvalue weighted by molar-refractivity contribution is 0.0856. The molecule has 1 aromatic rings. The van der Waals surface area contributed by atoms with Gasteiger partial charge in [0.1, 0.15) is 5.69 Å². The Balaban J connectivity index is 2.04. The van der Waals surface area contributed by atoms with Crippen molar-refractivity contribution in [2.24, 2.45) is 5.92 Å². The molecule has 134 valence electrons. The van der Waals surface area contributed by atoms with Crippen LogP contribution in [0.15, 0.2) is 6.07 Å². The summed E-state index contributed by atoms with van der Waals surface area (Å²) in [6.45, 7) is 9.30. The van der Waals surface area contributed by atoms with Gasteiger partial charge in [-0.3, -0.25) is 4.79 Å². The number of piperidine rings is 1. The van der Waals surface area contributed by atoms with Gasteiger partial charge >= 0.3 is 6.01 Å². The van der Waals surface area contributed by atoms with Crippen molar-refractivity contribution < 1.29 is 14.3 Å². The Morgan fingerprint density at radius 3 is 2.75 bits per heavy atom. The number of ether oxygens (including phenoxy) is 2. The second-order valence-electron chi connectivity index (χ2n) is 7.10. The zero-order valence-electron chi connectivity index (χ0n) is 15.3. The van der Waals surface area contributed by atoms with Crippen molar-refractivity contribution in [1.82, 2.24) is 20.2 Å². The van der Waals surface area contributed by atoms with Crippen molar-refractivity contribution in [1.29, 1.82) is 0 Å². The van der Waals surface area contributed by atoms with Crippen LogP contribution in [0.2, 0.25) is 0 Å². The van der Waals surface area contributed by atoms with Crippen LogP contribution in [0.1, 0.15) is 44.1 Å². The molecule has 1 aromatic heterocycles. The van der Waals surface area contributed by atoms with Crippen molar-refractivity contribution in [3.63, 3.8) is 0 Å². The molecule has 1 saturated heterocycles. The molecule has 7 nitrogen and oxygen atoms in total. The third-order valence-electron chi connectivity index (χ3n) is 4.12. The number of aromatic nitrogens is 2. The monoisotopic (exact) mass is 336 g/mol. The molecule has 1 fully saturated rings. The van der Waals surface area contributed by atoms with Crippen LogP contribution in [0, 0.1) is 5.92 Å². The quantitative estimate of drug-likeness (QED) is 0.853. The molecule has 24 heavy (non-hydrogen) atoms. The van der Waals surface area contributed by atoms with E-state index in [4.69, 9.17) is 9.47 Å². The standard InChI is InChI=1S/C17H28N4O3/c1-12-7-6-8-21(10-12)11-17(2,3)20-15(22)13-9-14(23-4)19-16(18-13)24-5/h9,12H,6-8,10-11H2,1-5H3,(H,20,22). The molecule has 1 amide bonds. The van der Waals surface area contributed by atoms with E-state index < -0.39 is 0 Å². The van der Waals surface area contributed by atoms with Gasteiger partial charge in [-0.1, -0.05) is 6.92 Å². The lowest BCUT2D eigenvalue weighted by Crippen LogP contribution is -2.53. The maximum atomic E-state index is 12.6. The van der Waals surface area contributed by atoms with E-state index in [9.17, 15) is 4.79 Å². The highest BCUT2D eigenvalue weighted by Gasteiger charge is 2.27. The molecule has 1 aliphatic rings. The Hall–Kier alpha value is -1.89.